The average Bonchev–Trinajstić information content (AvgIpc) is 2.41. The molecule has 0 unspecified atom stereocenters. The zero-order valence-corrected chi connectivity index (χ0v) is 10.4. The molecule has 0 spiro atoms. The number of halogens is 1. The van der Waals surface area contributed by atoms with Crippen LogP contribution < -0.4 is 0 Å². The Morgan fingerprint density at radius 2 is 2.00 bits per heavy atom. The summed E-state index contributed by atoms with van der Waals surface area (Å²) in [5.41, 5.74) is 0.731. The molecule has 0 amide bonds. The molecule has 0 aromatic heterocycles. The highest BCUT2D eigenvalue weighted by Gasteiger charge is 2.18. The average molecular weight is 266 g/mol. The maximum atomic E-state index is 12.8. The van der Waals surface area contributed by atoms with Gasteiger partial charge < -0.3 is 4.74 Å². The van der Waals surface area contributed by atoms with Crippen LogP contribution in [0.15, 0.2) is 30.0 Å². The lowest BCUT2D eigenvalue weighted by Crippen LogP contribution is -2.38. The largest absolute Gasteiger partial charge is 0.379 e. The van der Waals surface area contributed by atoms with Crippen molar-refractivity contribution >= 4 is 6.08 Å². The van der Waals surface area contributed by atoms with Gasteiger partial charge in [0.25, 0.3) is 5.70 Å². The molecule has 1 heterocycles. The minimum atomic E-state index is -0.390. The fourth-order valence-electron chi connectivity index (χ4n) is 1.90. The van der Waals surface area contributed by atoms with Gasteiger partial charge >= 0.3 is 0 Å². The van der Waals surface area contributed by atoms with Crippen LogP contribution >= 0.6 is 0 Å². The number of rotatable bonds is 4. The zero-order chi connectivity index (χ0) is 13.7. The van der Waals surface area contributed by atoms with Gasteiger partial charge in [0.2, 0.25) is 0 Å². The summed E-state index contributed by atoms with van der Waals surface area (Å²) >= 11 is 0. The van der Waals surface area contributed by atoms with E-state index in [2.05, 4.69) is 0 Å². The number of ether oxygens (including phenoxy) is 1. The van der Waals surface area contributed by atoms with E-state index in [1.54, 1.807) is 0 Å². The van der Waals surface area contributed by atoms with Gasteiger partial charge in [-0.1, -0.05) is 12.1 Å². The maximum absolute atomic E-state index is 12.8. The molecule has 1 aliphatic rings. The van der Waals surface area contributed by atoms with E-state index < -0.39 is 4.92 Å². The molecular weight excluding hydrogens is 251 g/mol. The van der Waals surface area contributed by atoms with E-state index in [1.807, 2.05) is 4.90 Å². The Morgan fingerprint density at radius 1 is 1.37 bits per heavy atom. The molecule has 1 fully saturated rings. The van der Waals surface area contributed by atoms with Crippen molar-refractivity contribution in [3.05, 3.63) is 51.5 Å². The second-order valence-corrected chi connectivity index (χ2v) is 4.33. The zero-order valence-electron chi connectivity index (χ0n) is 10.4. The molecule has 0 radical (unpaired) electrons. The van der Waals surface area contributed by atoms with Crippen molar-refractivity contribution in [2.24, 2.45) is 0 Å². The van der Waals surface area contributed by atoms with E-state index in [1.165, 1.54) is 30.3 Å². The molecule has 1 aliphatic heterocycles. The SMILES string of the molecule is O=[N+]([O-])/C(=C/c1ccc(F)cc1)CN1CCOCC1. The van der Waals surface area contributed by atoms with E-state index in [9.17, 15) is 14.5 Å². The molecular formula is C13H15FN2O3. The highest BCUT2D eigenvalue weighted by Crippen LogP contribution is 2.11. The van der Waals surface area contributed by atoms with Gasteiger partial charge in [-0.25, -0.2) is 4.39 Å². The summed E-state index contributed by atoms with van der Waals surface area (Å²) in [4.78, 5) is 12.6. The second kappa shape index (κ2) is 6.40. The lowest BCUT2D eigenvalue weighted by molar-refractivity contribution is -0.426. The topological polar surface area (TPSA) is 55.6 Å². The lowest BCUT2D eigenvalue weighted by atomic mass is 10.2. The van der Waals surface area contributed by atoms with E-state index >= 15 is 0 Å². The first kappa shape index (κ1) is 13.6. The molecule has 19 heavy (non-hydrogen) atoms. The first-order chi connectivity index (χ1) is 9.15. The van der Waals surface area contributed by atoms with E-state index in [-0.39, 0.29) is 18.1 Å². The molecule has 1 saturated heterocycles. The predicted molar refractivity (Wildman–Crippen MR) is 68.6 cm³/mol. The van der Waals surface area contributed by atoms with Crippen molar-refractivity contribution < 1.29 is 14.1 Å². The third kappa shape index (κ3) is 4.11. The summed E-state index contributed by atoms with van der Waals surface area (Å²) in [5.74, 6) is -0.354. The van der Waals surface area contributed by atoms with Gasteiger partial charge in [-0.3, -0.25) is 15.0 Å². The lowest BCUT2D eigenvalue weighted by Gasteiger charge is -2.25. The van der Waals surface area contributed by atoms with Crippen LogP contribution in [0.4, 0.5) is 4.39 Å². The van der Waals surface area contributed by atoms with Crippen LogP contribution in [0.2, 0.25) is 0 Å². The van der Waals surface area contributed by atoms with Gasteiger partial charge in [0.1, 0.15) is 5.82 Å². The van der Waals surface area contributed by atoms with Crippen LogP contribution in [-0.2, 0) is 4.74 Å². The van der Waals surface area contributed by atoms with Crippen molar-refractivity contribution in [1.29, 1.82) is 0 Å². The number of benzene rings is 1. The van der Waals surface area contributed by atoms with Crippen LogP contribution in [0, 0.1) is 15.9 Å². The molecule has 0 aliphatic carbocycles. The minimum Gasteiger partial charge on any atom is -0.379 e. The van der Waals surface area contributed by atoms with Crippen molar-refractivity contribution in [3.8, 4) is 0 Å². The number of nitrogens with zero attached hydrogens (tertiary/aromatic N) is 2. The van der Waals surface area contributed by atoms with Crippen LogP contribution in [-0.4, -0.2) is 42.7 Å². The molecule has 0 atom stereocenters. The third-order valence-electron chi connectivity index (χ3n) is 2.93. The number of morpholine rings is 1. The molecule has 0 saturated carbocycles. The van der Waals surface area contributed by atoms with Crippen molar-refractivity contribution in [2.75, 3.05) is 32.8 Å². The van der Waals surface area contributed by atoms with E-state index in [4.69, 9.17) is 4.74 Å². The van der Waals surface area contributed by atoms with Crippen LogP contribution in [0.1, 0.15) is 5.56 Å². The molecule has 2 rings (SSSR count). The summed E-state index contributed by atoms with van der Waals surface area (Å²) < 4.78 is 18.0. The minimum absolute atomic E-state index is 0.105. The number of hydrogen-bond donors (Lipinski definition) is 0. The normalized spacial score (nSPS) is 17.4. The quantitative estimate of drug-likeness (QED) is 0.615. The predicted octanol–water partition coefficient (Wildman–Crippen LogP) is 1.78. The summed E-state index contributed by atoms with van der Waals surface area (Å²) in [6.45, 7) is 2.85. The first-order valence-corrected chi connectivity index (χ1v) is 6.06. The van der Waals surface area contributed by atoms with E-state index in [0.29, 0.717) is 31.9 Å². The summed E-state index contributed by atoms with van der Waals surface area (Å²) in [5, 5.41) is 11.0. The first-order valence-electron chi connectivity index (χ1n) is 6.06. The second-order valence-electron chi connectivity index (χ2n) is 4.33. The Morgan fingerprint density at radius 3 is 2.58 bits per heavy atom. The Labute approximate surface area is 110 Å². The molecule has 1 aromatic rings. The Balaban J connectivity index is 2.10. The van der Waals surface area contributed by atoms with Gasteiger partial charge in [-0.2, -0.15) is 0 Å². The van der Waals surface area contributed by atoms with Crippen LogP contribution in [0.25, 0.3) is 6.08 Å². The van der Waals surface area contributed by atoms with E-state index in [0.717, 1.165) is 0 Å². The van der Waals surface area contributed by atoms with Gasteiger partial charge in [0.05, 0.1) is 24.7 Å². The third-order valence-corrected chi connectivity index (χ3v) is 2.93. The van der Waals surface area contributed by atoms with Crippen LogP contribution in [0.5, 0.6) is 0 Å². The highest BCUT2D eigenvalue weighted by molar-refractivity contribution is 5.51. The Hall–Kier alpha value is -1.79. The van der Waals surface area contributed by atoms with Gasteiger partial charge in [0.15, 0.2) is 0 Å². The monoisotopic (exact) mass is 266 g/mol. The molecule has 5 nitrogen and oxygen atoms in total. The highest BCUT2D eigenvalue weighted by atomic mass is 19.1. The van der Waals surface area contributed by atoms with Gasteiger partial charge in [-0.05, 0) is 17.7 Å². The van der Waals surface area contributed by atoms with Crippen molar-refractivity contribution in [3.63, 3.8) is 0 Å². The Bertz CT molecular complexity index is 467. The molecule has 102 valence electrons. The molecule has 6 heteroatoms. The molecule has 0 N–H and O–H groups in total. The van der Waals surface area contributed by atoms with Crippen LogP contribution in [0.3, 0.4) is 0 Å². The van der Waals surface area contributed by atoms with Gasteiger partial charge in [-0.15, -0.1) is 0 Å². The van der Waals surface area contributed by atoms with Crippen molar-refractivity contribution in [2.45, 2.75) is 0 Å². The molecule has 1 aromatic carbocycles. The number of hydrogen-bond acceptors (Lipinski definition) is 4. The fraction of sp³-hybridized carbons (Fsp3) is 0.385. The van der Waals surface area contributed by atoms with Gasteiger partial charge in [0, 0.05) is 19.2 Å². The summed E-state index contributed by atoms with van der Waals surface area (Å²) in [7, 11) is 0. The van der Waals surface area contributed by atoms with Crippen molar-refractivity contribution in [1.82, 2.24) is 4.90 Å². The molecule has 0 bridgehead atoms. The standard InChI is InChI=1S/C13H15FN2O3/c14-12-3-1-11(2-4-12)9-13(16(17)18)10-15-5-7-19-8-6-15/h1-4,9H,5-8,10H2/b13-9+. The Kier molecular flexibility index (Phi) is 4.59. The number of nitro groups is 1. The fourth-order valence-corrected chi connectivity index (χ4v) is 1.90. The maximum Gasteiger partial charge on any atom is 0.260 e. The summed E-state index contributed by atoms with van der Waals surface area (Å²) in [6.07, 6.45) is 1.48. The smallest absolute Gasteiger partial charge is 0.260 e. The summed E-state index contributed by atoms with van der Waals surface area (Å²) in [6, 6.07) is 5.63.